The second kappa shape index (κ2) is 4.62. The van der Waals surface area contributed by atoms with Gasteiger partial charge in [-0.1, -0.05) is 0 Å². The molecule has 0 aliphatic rings. The first kappa shape index (κ1) is 13.7. The highest BCUT2D eigenvalue weighted by atomic mass is 16.5. The van der Waals surface area contributed by atoms with E-state index in [2.05, 4.69) is 42.5 Å². The van der Waals surface area contributed by atoms with Crippen molar-refractivity contribution in [3.63, 3.8) is 0 Å². The zero-order chi connectivity index (χ0) is 15.3. The van der Waals surface area contributed by atoms with Gasteiger partial charge in [-0.15, -0.1) is 0 Å². The van der Waals surface area contributed by atoms with Crippen molar-refractivity contribution >= 4 is 22.8 Å². The minimum atomic E-state index is -0.353. The number of methoxy groups -OCH3 is 1. The van der Waals surface area contributed by atoms with Crippen LogP contribution in [0.1, 0.15) is 34.2 Å². The molecule has 5 nitrogen and oxygen atoms in total. The van der Waals surface area contributed by atoms with E-state index in [4.69, 9.17) is 4.74 Å². The van der Waals surface area contributed by atoms with Crippen LogP contribution in [-0.2, 0) is 11.3 Å². The molecule has 0 saturated heterocycles. The standard InChI is InChI=1S/C16H19N3O2/c1-6-18-12-7-9(2)10(3)8-13(12)19-14(15(20)21-5)11(4)17-16(18)19/h7-8H,6H2,1-5H3. The summed E-state index contributed by atoms with van der Waals surface area (Å²) >= 11 is 0. The number of aryl methyl sites for hydroxylation is 4. The van der Waals surface area contributed by atoms with E-state index >= 15 is 0 Å². The maximum absolute atomic E-state index is 12.1. The molecule has 0 bridgehead atoms. The fraction of sp³-hybridized carbons (Fsp3) is 0.375. The first-order chi connectivity index (χ1) is 9.99. The Kier molecular flexibility index (Phi) is 3.01. The molecule has 2 heterocycles. The predicted octanol–water partition coefficient (Wildman–Crippen LogP) is 3.02. The van der Waals surface area contributed by atoms with E-state index < -0.39 is 0 Å². The molecule has 0 fully saturated rings. The minimum Gasteiger partial charge on any atom is -0.464 e. The lowest BCUT2D eigenvalue weighted by Gasteiger charge is -2.04. The van der Waals surface area contributed by atoms with E-state index in [0.29, 0.717) is 11.4 Å². The monoisotopic (exact) mass is 285 g/mol. The Balaban J connectivity index is 2.54. The van der Waals surface area contributed by atoms with Crippen molar-refractivity contribution in [1.82, 2.24) is 14.0 Å². The molecule has 0 unspecified atom stereocenters. The highest BCUT2D eigenvalue weighted by molar-refractivity contribution is 5.94. The van der Waals surface area contributed by atoms with Gasteiger partial charge in [-0.25, -0.2) is 9.78 Å². The molecule has 110 valence electrons. The molecule has 0 N–H and O–H groups in total. The maximum Gasteiger partial charge on any atom is 0.357 e. The summed E-state index contributed by atoms with van der Waals surface area (Å²) in [7, 11) is 1.40. The predicted molar refractivity (Wildman–Crippen MR) is 81.9 cm³/mol. The van der Waals surface area contributed by atoms with Gasteiger partial charge < -0.3 is 9.30 Å². The van der Waals surface area contributed by atoms with Gasteiger partial charge in [-0.2, -0.15) is 0 Å². The summed E-state index contributed by atoms with van der Waals surface area (Å²) in [5.74, 6) is 0.434. The summed E-state index contributed by atoms with van der Waals surface area (Å²) in [4.78, 5) is 16.7. The first-order valence-electron chi connectivity index (χ1n) is 7.06. The third-order valence-electron chi connectivity index (χ3n) is 4.09. The third kappa shape index (κ3) is 1.77. The van der Waals surface area contributed by atoms with E-state index in [9.17, 15) is 4.79 Å². The number of carbonyl (C=O) groups excluding carboxylic acids is 1. The average molecular weight is 285 g/mol. The molecule has 0 spiro atoms. The Hall–Kier alpha value is -2.30. The summed E-state index contributed by atoms with van der Waals surface area (Å²) in [5.41, 5.74) is 5.71. The van der Waals surface area contributed by atoms with Gasteiger partial charge in [0.05, 0.1) is 23.8 Å². The van der Waals surface area contributed by atoms with Gasteiger partial charge in [0, 0.05) is 6.54 Å². The minimum absolute atomic E-state index is 0.353. The lowest BCUT2D eigenvalue weighted by molar-refractivity contribution is 0.0592. The molecule has 0 saturated carbocycles. The zero-order valence-electron chi connectivity index (χ0n) is 13.0. The molecule has 21 heavy (non-hydrogen) atoms. The van der Waals surface area contributed by atoms with Gasteiger partial charge in [0.25, 0.3) is 0 Å². The number of imidazole rings is 2. The van der Waals surface area contributed by atoms with Crippen LogP contribution in [0.4, 0.5) is 0 Å². The number of carbonyl (C=O) groups is 1. The Morgan fingerprint density at radius 2 is 1.81 bits per heavy atom. The number of aromatic nitrogens is 3. The number of benzene rings is 1. The summed E-state index contributed by atoms with van der Waals surface area (Å²) in [6.45, 7) is 8.89. The van der Waals surface area contributed by atoms with Crippen LogP contribution in [-0.4, -0.2) is 27.0 Å². The average Bonchev–Trinajstić information content (AvgIpc) is 2.92. The van der Waals surface area contributed by atoms with Crippen molar-refractivity contribution in [3.8, 4) is 0 Å². The first-order valence-corrected chi connectivity index (χ1v) is 7.06. The normalized spacial score (nSPS) is 11.5. The summed E-state index contributed by atoms with van der Waals surface area (Å²) in [6, 6.07) is 4.26. The summed E-state index contributed by atoms with van der Waals surface area (Å²) < 4.78 is 8.96. The van der Waals surface area contributed by atoms with Crippen molar-refractivity contribution in [1.29, 1.82) is 0 Å². The fourth-order valence-corrected chi connectivity index (χ4v) is 2.86. The molecular formula is C16H19N3O2. The van der Waals surface area contributed by atoms with E-state index in [1.165, 1.54) is 18.2 Å². The molecule has 0 radical (unpaired) electrons. The van der Waals surface area contributed by atoms with Gasteiger partial charge >= 0.3 is 5.97 Å². The van der Waals surface area contributed by atoms with Crippen molar-refractivity contribution in [2.75, 3.05) is 7.11 Å². The van der Waals surface area contributed by atoms with Crippen LogP contribution in [0, 0.1) is 20.8 Å². The van der Waals surface area contributed by atoms with Crippen LogP contribution in [0.5, 0.6) is 0 Å². The Morgan fingerprint density at radius 3 is 2.38 bits per heavy atom. The summed E-state index contributed by atoms with van der Waals surface area (Å²) in [6.07, 6.45) is 0. The van der Waals surface area contributed by atoms with Gasteiger partial charge in [0.1, 0.15) is 0 Å². The topological polar surface area (TPSA) is 48.5 Å². The van der Waals surface area contributed by atoms with Crippen molar-refractivity contribution in [3.05, 3.63) is 34.6 Å². The smallest absolute Gasteiger partial charge is 0.357 e. The van der Waals surface area contributed by atoms with Crippen molar-refractivity contribution in [2.45, 2.75) is 34.2 Å². The molecule has 0 aliphatic carbocycles. The van der Waals surface area contributed by atoms with E-state index in [1.807, 2.05) is 11.3 Å². The number of nitrogens with zero attached hydrogens (tertiary/aromatic N) is 3. The second-order valence-electron chi connectivity index (χ2n) is 5.34. The van der Waals surface area contributed by atoms with Crippen LogP contribution < -0.4 is 0 Å². The third-order valence-corrected chi connectivity index (χ3v) is 4.09. The molecule has 0 atom stereocenters. The van der Waals surface area contributed by atoms with Crippen LogP contribution >= 0.6 is 0 Å². The lowest BCUT2D eigenvalue weighted by Crippen LogP contribution is -2.06. The van der Waals surface area contributed by atoms with Crippen LogP contribution in [0.3, 0.4) is 0 Å². The Labute approximate surface area is 123 Å². The lowest BCUT2D eigenvalue weighted by atomic mass is 10.1. The molecule has 3 rings (SSSR count). The van der Waals surface area contributed by atoms with Gasteiger partial charge in [0.2, 0.25) is 5.78 Å². The maximum atomic E-state index is 12.1. The number of hydrogen-bond acceptors (Lipinski definition) is 3. The van der Waals surface area contributed by atoms with Crippen LogP contribution in [0.2, 0.25) is 0 Å². The second-order valence-corrected chi connectivity index (χ2v) is 5.34. The summed E-state index contributed by atoms with van der Waals surface area (Å²) in [5, 5.41) is 0. The van der Waals surface area contributed by atoms with Gasteiger partial charge in [0.15, 0.2) is 5.69 Å². The number of fused-ring (bicyclic) bond motifs is 3. The number of esters is 1. The van der Waals surface area contributed by atoms with Crippen molar-refractivity contribution in [2.24, 2.45) is 0 Å². The molecule has 0 aliphatic heterocycles. The Bertz CT molecular complexity index is 871. The number of hydrogen-bond donors (Lipinski definition) is 0. The van der Waals surface area contributed by atoms with Crippen molar-refractivity contribution < 1.29 is 9.53 Å². The van der Waals surface area contributed by atoms with Gasteiger partial charge in [-0.05, 0) is 51.0 Å². The molecule has 2 aromatic heterocycles. The highest BCUT2D eigenvalue weighted by Crippen LogP contribution is 2.27. The van der Waals surface area contributed by atoms with Gasteiger partial charge in [-0.3, -0.25) is 4.40 Å². The van der Waals surface area contributed by atoms with E-state index in [0.717, 1.165) is 23.4 Å². The Morgan fingerprint density at radius 1 is 1.19 bits per heavy atom. The number of ether oxygens (including phenoxy) is 1. The molecule has 1 aromatic carbocycles. The number of rotatable bonds is 2. The zero-order valence-corrected chi connectivity index (χ0v) is 13.0. The van der Waals surface area contributed by atoms with Crippen LogP contribution in [0.15, 0.2) is 12.1 Å². The van der Waals surface area contributed by atoms with E-state index in [-0.39, 0.29) is 5.97 Å². The quantitative estimate of drug-likeness (QED) is 0.680. The molecule has 3 aromatic rings. The molecule has 0 amide bonds. The SMILES string of the molecule is CCn1c2cc(C)c(C)cc2n2c(C(=O)OC)c(C)nc12. The molecular weight excluding hydrogens is 266 g/mol. The fourth-order valence-electron chi connectivity index (χ4n) is 2.86. The largest absolute Gasteiger partial charge is 0.464 e. The molecule has 5 heteroatoms. The van der Waals surface area contributed by atoms with Crippen LogP contribution in [0.25, 0.3) is 16.8 Å². The van der Waals surface area contributed by atoms with E-state index in [1.54, 1.807) is 0 Å². The highest BCUT2D eigenvalue weighted by Gasteiger charge is 2.23.